The molecule has 110 valence electrons. The van der Waals surface area contributed by atoms with E-state index in [-0.39, 0.29) is 6.03 Å². The average molecular weight is 272 g/mol. The first-order chi connectivity index (χ1) is 8.91. The Labute approximate surface area is 114 Å². The van der Waals surface area contributed by atoms with Crippen LogP contribution < -0.4 is 5.32 Å². The van der Waals surface area contributed by atoms with Gasteiger partial charge in [0.05, 0.1) is 6.61 Å². The van der Waals surface area contributed by atoms with Crippen molar-refractivity contribution in [2.75, 3.05) is 26.8 Å². The second-order valence-corrected chi connectivity index (χ2v) is 5.50. The van der Waals surface area contributed by atoms with Gasteiger partial charge in [-0.1, -0.05) is 13.8 Å². The molecule has 0 radical (unpaired) electrons. The minimum atomic E-state index is -1.06. The van der Waals surface area contributed by atoms with Crippen LogP contribution in [-0.2, 0) is 9.53 Å². The minimum absolute atomic E-state index is 0.312. The molecule has 0 atom stereocenters. The van der Waals surface area contributed by atoms with E-state index in [9.17, 15) is 14.7 Å². The van der Waals surface area contributed by atoms with E-state index in [2.05, 4.69) is 5.32 Å². The van der Waals surface area contributed by atoms with Crippen LogP contribution in [0.2, 0.25) is 0 Å². The van der Waals surface area contributed by atoms with Gasteiger partial charge in [-0.3, -0.25) is 0 Å². The maximum absolute atomic E-state index is 12.2. The van der Waals surface area contributed by atoms with E-state index < -0.39 is 11.5 Å². The number of hydrogen-bond acceptors (Lipinski definition) is 3. The van der Waals surface area contributed by atoms with Gasteiger partial charge in [-0.05, 0) is 25.2 Å². The van der Waals surface area contributed by atoms with Crippen LogP contribution in [0.25, 0.3) is 0 Å². The lowest BCUT2D eigenvalue weighted by molar-refractivity contribution is -0.148. The topological polar surface area (TPSA) is 78.9 Å². The monoisotopic (exact) mass is 272 g/mol. The zero-order chi connectivity index (χ0) is 14.5. The van der Waals surface area contributed by atoms with E-state index in [4.69, 9.17) is 4.74 Å². The molecule has 19 heavy (non-hydrogen) atoms. The normalized spacial score (nSPS) is 16.8. The van der Waals surface area contributed by atoms with Gasteiger partial charge in [-0.15, -0.1) is 0 Å². The van der Waals surface area contributed by atoms with Crippen LogP contribution in [0.5, 0.6) is 0 Å². The number of carboxylic acids is 1. The van der Waals surface area contributed by atoms with Gasteiger partial charge >= 0.3 is 12.0 Å². The van der Waals surface area contributed by atoms with Crippen molar-refractivity contribution >= 4 is 12.0 Å². The highest BCUT2D eigenvalue weighted by Crippen LogP contribution is 2.32. The third-order valence-corrected chi connectivity index (χ3v) is 3.40. The molecule has 2 N–H and O–H groups in total. The van der Waals surface area contributed by atoms with E-state index >= 15 is 0 Å². The van der Waals surface area contributed by atoms with Crippen molar-refractivity contribution < 1.29 is 19.4 Å². The number of urea groups is 1. The molecule has 0 heterocycles. The van der Waals surface area contributed by atoms with Gasteiger partial charge in [0, 0.05) is 20.2 Å². The third-order valence-electron chi connectivity index (χ3n) is 3.40. The van der Waals surface area contributed by atoms with Gasteiger partial charge in [0.1, 0.15) is 5.54 Å². The Kier molecular flexibility index (Phi) is 5.60. The SMILES string of the molecule is COCCN(CC(C)C)C(=O)NC1(C(=O)O)CCC1. The van der Waals surface area contributed by atoms with Gasteiger partial charge in [0.2, 0.25) is 0 Å². The first-order valence-electron chi connectivity index (χ1n) is 6.70. The number of aliphatic carboxylic acids is 1. The molecular formula is C13H24N2O4. The number of amides is 2. The number of carbonyl (C=O) groups excluding carboxylic acids is 1. The Morgan fingerprint density at radius 1 is 1.42 bits per heavy atom. The number of carboxylic acid groups (broad SMARTS) is 1. The summed E-state index contributed by atoms with van der Waals surface area (Å²) in [6.45, 7) is 5.54. The maximum atomic E-state index is 12.2. The fourth-order valence-corrected chi connectivity index (χ4v) is 2.12. The van der Waals surface area contributed by atoms with Crippen LogP contribution >= 0.6 is 0 Å². The van der Waals surface area contributed by atoms with Crippen LogP contribution in [0, 0.1) is 5.92 Å². The van der Waals surface area contributed by atoms with E-state index in [1.807, 2.05) is 13.8 Å². The molecular weight excluding hydrogens is 248 g/mol. The summed E-state index contributed by atoms with van der Waals surface area (Å²) in [5.74, 6) is -0.617. The molecule has 1 saturated carbocycles. The maximum Gasteiger partial charge on any atom is 0.329 e. The van der Waals surface area contributed by atoms with E-state index in [1.54, 1.807) is 12.0 Å². The average Bonchev–Trinajstić information content (AvgIpc) is 2.27. The van der Waals surface area contributed by atoms with Crippen molar-refractivity contribution in [1.82, 2.24) is 10.2 Å². The predicted molar refractivity (Wildman–Crippen MR) is 71.0 cm³/mol. The third kappa shape index (κ3) is 4.09. The van der Waals surface area contributed by atoms with Gasteiger partial charge in [0.25, 0.3) is 0 Å². The summed E-state index contributed by atoms with van der Waals surface area (Å²) in [6.07, 6.45) is 1.86. The lowest BCUT2D eigenvalue weighted by Gasteiger charge is -2.40. The summed E-state index contributed by atoms with van der Waals surface area (Å²) in [7, 11) is 1.58. The number of rotatable bonds is 7. The van der Waals surface area contributed by atoms with Crippen molar-refractivity contribution in [2.45, 2.75) is 38.6 Å². The van der Waals surface area contributed by atoms with Crippen LogP contribution in [0.15, 0.2) is 0 Å². The fourth-order valence-electron chi connectivity index (χ4n) is 2.12. The molecule has 6 heteroatoms. The number of ether oxygens (including phenoxy) is 1. The van der Waals surface area contributed by atoms with Crippen molar-refractivity contribution in [3.63, 3.8) is 0 Å². The number of nitrogens with zero attached hydrogens (tertiary/aromatic N) is 1. The van der Waals surface area contributed by atoms with Crippen molar-refractivity contribution in [3.05, 3.63) is 0 Å². The molecule has 1 aliphatic carbocycles. The van der Waals surface area contributed by atoms with Gasteiger partial charge in [0.15, 0.2) is 0 Å². The Bertz CT molecular complexity index is 327. The quantitative estimate of drug-likeness (QED) is 0.732. The van der Waals surface area contributed by atoms with Crippen LogP contribution in [0.3, 0.4) is 0 Å². The Morgan fingerprint density at radius 3 is 2.42 bits per heavy atom. The predicted octanol–water partition coefficient (Wildman–Crippen LogP) is 1.31. The molecule has 0 spiro atoms. The molecule has 2 amide bonds. The largest absolute Gasteiger partial charge is 0.480 e. The lowest BCUT2D eigenvalue weighted by Crippen LogP contribution is -2.62. The molecule has 0 aliphatic heterocycles. The molecule has 0 aromatic heterocycles. The lowest BCUT2D eigenvalue weighted by atomic mass is 9.77. The highest BCUT2D eigenvalue weighted by atomic mass is 16.5. The first-order valence-corrected chi connectivity index (χ1v) is 6.70. The van der Waals surface area contributed by atoms with Crippen LogP contribution in [-0.4, -0.2) is 54.4 Å². The molecule has 0 unspecified atom stereocenters. The Morgan fingerprint density at radius 2 is 2.05 bits per heavy atom. The molecule has 1 aliphatic rings. The Hall–Kier alpha value is -1.30. The zero-order valence-electron chi connectivity index (χ0n) is 11.9. The highest BCUT2D eigenvalue weighted by Gasteiger charge is 2.46. The molecule has 1 fully saturated rings. The fraction of sp³-hybridized carbons (Fsp3) is 0.846. The molecule has 0 saturated heterocycles. The highest BCUT2D eigenvalue weighted by molar-refractivity contribution is 5.87. The van der Waals surface area contributed by atoms with Crippen LogP contribution in [0.4, 0.5) is 4.79 Å². The molecule has 6 nitrogen and oxygen atoms in total. The molecule has 1 rings (SSSR count). The molecule has 0 aromatic carbocycles. The van der Waals surface area contributed by atoms with Crippen LogP contribution in [0.1, 0.15) is 33.1 Å². The molecule has 0 bridgehead atoms. The zero-order valence-corrected chi connectivity index (χ0v) is 11.9. The number of nitrogens with one attached hydrogen (secondary N) is 1. The smallest absolute Gasteiger partial charge is 0.329 e. The number of hydrogen-bond donors (Lipinski definition) is 2. The van der Waals surface area contributed by atoms with Crippen molar-refractivity contribution in [1.29, 1.82) is 0 Å². The standard InChI is InChI=1S/C13H24N2O4/c1-10(2)9-15(7-8-19-3)12(18)14-13(11(16)17)5-4-6-13/h10H,4-9H2,1-3H3,(H,14,18)(H,16,17). The summed E-state index contributed by atoms with van der Waals surface area (Å²) in [5.41, 5.74) is -1.06. The van der Waals surface area contributed by atoms with Crippen molar-refractivity contribution in [3.8, 4) is 0 Å². The summed E-state index contributed by atoms with van der Waals surface area (Å²) >= 11 is 0. The number of methoxy groups -OCH3 is 1. The van der Waals surface area contributed by atoms with E-state index in [0.717, 1.165) is 6.42 Å². The van der Waals surface area contributed by atoms with Gasteiger partial charge < -0.3 is 20.1 Å². The number of carbonyl (C=O) groups is 2. The second-order valence-electron chi connectivity index (χ2n) is 5.50. The minimum Gasteiger partial charge on any atom is -0.480 e. The summed E-state index contributed by atoms with van der Waals surface area (Å²) in [4.78, 5) is 25.1. The van der Waals surface area contributed by atoms with Crippen molar-refractivity contribution in [2.24, 2.45) is 5.92 Å². The summed E-state index contributed by atoms with van der Waals surface area (Å²) in [5, 5.41) is 11.9. The van der Waals surface area contributed by atoms with Gasteiger partial charge in [-0.2, -0.15) is 0 Å². The molecule has 0 aromatic rings. The van der Waals surface area contributed by atoms with E-state index in [1.165, 1.54) is 0 Å². The second kappa shape index (κ2) is 6.75. The Balaban J connectivity index is 2.62. The van der Waals surface area contributed by atoms with Gasteiger partial charge in [-0.25, -0.2) is 9.59 Å². The van der Waals surface area contributed by atoms with E-state index in [0.29, 0.717) is 38.5 Å². The first kappa shape index (κ1) is 15.8. The summed E-state index contributed by atoms with van der Waals surface area (Å²) < 4.78 is 4.98. The summed E-state index contributed by atoms with van der Waals surface area (Å²) in [6, 6.07) is -0.312.